The van der Waals surface area contributed by atoms with Gasteiger partial charge in [0.2, 0.25) is 0 Å². The summed E-state index contributed by atoms with van der Waals surface area (Å²) in [6.45, 7) is 21.7. The maximum atomic E-state index is 16.6. The van der Waals surface area contributed by atoms with Gasteiger partial charge in [0.25, 0.3) is 0 Å². The summed E-state index contributed by atoms with van der Waals surface area (Å²) in [6, 6.07) is 7.65. The van der Waals surface area contributed by atoms with Crippen molar-refractivity contribution in [1.29, 1.82) is 0 Å². The number of benzene rings is 1. The first kappa shape index (κ1) is 54.5. The normalized spacial score (nSPS) is 38.3. The summed E-state index contributed by atoms with van der Waals surface area (Å²) in [5.74, 6) is 1.28. The maximum absolute atomic E-state index is 16.6. The molecule has 2 aromatic heterocycles. The number of fused-ring (bicyclic) bond motifs is 5. The van der Waals surface area contributed by atoms with E-state index >= 15 is 9.59 Å². The minimum absolute atomic E-state index is 0.123. The van der Waals surface area contributed by atoms with E-state index in [-0.39, 0.29) is 46.4 Å². The van der Waals surface area contributed by atoms with Crippen LogP contribution in [0.4, 0.5) is 0 Å². The molecule has 0 bridgehead atoms. The number of aliphatic hydroxyl groups excluding tert-OH is 2. The van der Waals surface area contributed by atoms with Gasteiger partial charge in [-0.15, -0.1) is 0 Å². The Morgan fingerprint density at radius 2 is 1.57 bits per heavy atom. The lowest BCUT2D eigenvalue weighted by molar-refractivity contribution is -0.266. The number of aromatic nitrogens is 2. The number of H-pyrrole nitrogens is 1. The van der Waals surface area contributed by atoms with Crippen LogP contribution in [-0.4, -0.2) is 82.0 Å². The molecule has 2 saturated heterocycles. The highest BCUT2D eigenvalue weighted by Gasteiger charge is 2.78. The molecule has 5 saturated carbocycles. The van der Waals surface area contributed by atoms with E-state index in [1.807, 2.05) is 7.05 Å². The van der Waals surface area contributed by atoms with E-state index in [2.05, 4.69) is 101 Å². The number of hydrogen-bond acceptors (Lipinski definition) is 7. The van der Waals surface area contributed by atoms with Crippen molar-refractivity contribution in [3.05, 3.63) is 69.6 Å². The Morgan fingerprint density at radius 3 is 2.25 bits per heavy atom. The number of ketones is 2. The fourth-order valence-electron chi connectivity index (χ4n) is 20.8. The molecule has 9 heteroatoms. The van der Waals surface area contributed by atoms with Crippen LogP contribution in [0, 0.1) is 56.2 Å². The summed E-state index contributed by atoms with van der Waals surface area (Å²) in [7, 11) is 2.02. The summed E-state index contributed by atoms with van der Waals surface area (Å²) in [4.78, 5) is 35.6. The SMILES string of the molecule is CCCCCC1C(=O)C2=C3C(Cn4cc(Cc5cc(C6CCCCC6)cc(C6CCOCC6)c5)c5[nH]cc(c54)CCC2(C)CC(O)C2OC2(C)C)C(O)C2C(C)(CCC4C(C)(CCNC)C(=O)CC5(CCCC5)C42C)C31C. The van der Waals surface area contributed by atoms with E-state index in [0.717, 1.165) is 122 Å². The number of ether oxygens (including phenoxy) is 2. The first-order valence-electron chi connectivity index (χ1n) is 31.7. The number of hydrogen-bond donors (Lipinski definition) is 4. The number of allylic oxidation sites excluding steroid dienone is 1. The molecule has 5 heterocycles. The van der Waals surface area contributed by atoms with Crippen molar-refractivity contribution < 1.29 is 29.3 Å². The van der Waals surface area contributed by atoms with Gasteiger partial charge < -0.3 is 34.6 Å². The Labute approximate surface area is 462 Å². The summed E-state index contributed by atoms with van der Waals surface area (Å²) >= 11 is 0. The van der Waals surface area contributed by atoms with Crippen LogP contribution in [0.15, 0.2) is 41.7 Å². The van der Waals surface area contributed by atoms with Crippen LogP contribution in [0.2, 0.25) is 0 Å². The molecule has 1 spiro atoms. The lowest BCUT2D eigenvalue weighted by Gasteiger charge is -2.75. The second kappa shape index (κ2) is 19.8. The Hall–Kier alpha value is -3.08. The molecule has 12 atom stereocenters. The molecule has 6 aliphatic carbocycles. The number of unbranched alkanes of at least 4 members (excludes halogenated alkanes) is 2. The minimum Gasteiger partial charge on any atom is -0.392 e. The van der Waals surface area contributed by atoms with Crippen LogP contribution < -0.4 is 5.32 Å². The number of aromatic amines is 1. The van der Waals surface area contributed by atoms with E-state index in [1.165, 1.54) is 76.5 Å². The zero-order chi connectivity index (χ0) is 54.1. The van der Waals surface area contributed by atoms with Crippen molar-refractivity contribution in [2.75, 3.05) is 26.8 Å². The van der Waals surface area contributed by atoms with E-state index in [0.29, 0.717) is 43.4 Å². The quantitative estimate of drug-likeness (QED) is 0.0935. The molecular formula is C68H99N3O6. The number of carbonyl (C=O) groups excluding carboxylic acids is 2. The Bertz CT molecular complexity index is 2730. The summed E-state index contributed by atoms with van der Waals surface area (Å²) < 4.78 is 14.7. The fourth-order valence-corrected chi connectivity index (χ4v) is 20.8. The van der Waals surface area contributed by atoms with E-state index < -0.39 is 39.5 Å². The average molecular weight is 1050 g/mol. The molecule has 12 unspecified atom stereocenters. The van der Waals surface area contributed by atoms with Crippen LogP contribution in [0.1, 0.15) is 230 Å². The molecule has 0 radical (unpaired) electrons. The van der Waals surface area contributed by atoms with Crippen molar-refractivity contribution in [2.24, 2.45) is 56.2 Å². The smallest absolute Gasteiger partial charge is 0.163 e. The highest BCUT2D eigenvalue weighted by molar-refractivity contribution is 6.03. The van der Waals surface area contributed by atoms with Crippen molar-refractivity contribution in [1.82, 2.24) is 14.9 Å². The second-order valence-corrected chi connectivity index (χ2v) is 29.4. The minimum atomic E-state index is -0.746. The van der Waals surface area contributed by atoms with Gasteiger partial charge in [0, 0.05) is 73.2 Å². The number of epoxide rings is 1. The predicted octanol–water partition coefficient (Wildman–Crippen LogP) is 13.6. The Balaban J connectivity index is 1.05. The highest BCUT2D eigenvalue weighted by Crippen LogP contribution is 2.81. The second-order valence-electron chi connectivity index (χ2n) is 29.4. The number of carbonyl (C=O) groups is 2. The third-order valence-electron chi connectivity index (χ3n) is 25.1. The average Bonchev–Trinajstić information content (AvgIpc) is 2.72. The predicted molar refractivity (Wildman–Crippen MR) is 307 cm³/mol. The van der Waals surface area contributed by atoms with E-state index in [1.54, 1.807) is 0 Å². The van der Waals surface area contributed by atoms with Gasteiger partial charge in [-0.3, -0.25) is 9.59 Å². The standard InChI is InChI=1S/C68H99N3O6/c1-10-11-13-20-50-59(75)55-54-49(58(74)60-65(6,66(50,54)7)28-22-52-64(5,29-30-69-9)53(73)38-68(67(52,60)8)25-16-17-26-68)41-71-40-48(56-57(71)45(39-70-56)21-27-63(55,4)37-51(72)61-62(2,3)77-61)35-42-33-46(43-18-14-12-15-19-43)36-47(34-42)44-23-31-76-32-24-44/h33-34,36,39-40,43-44,49-52,58,60-61,69-70,72,74H,10-32,35,37-38,41H2,1-9H3. The molecule has 422 valence electrons. The third-order valence-corrected chi connectivity index (χ3v) is 25.1. The molecule has 3 aromatic rings. The highest BCUT2D eigenvalue weighted by atomic mass is 16.6. The maximum Gasteiger partial charge on any atom is 0.163 e. The van der Waals surface area contributed by atoms with Crippen LogP contribution in [0.5, 0.6) is 0 Å². The van der Waals surface area contributed by atoms with E-state index in [9.17, 15) is 10.2 Å². The molecule has 12 rings (SSSR count). The largest absolute Gasteiger partial charge is 0.392 e. The van der Waals surface area contributed by atoms with Gasteiger partial charge in [-0.05, 0) is 190 Å². The lowest BCUT2D eigenvalue weighted by Crippen LogP contribution is -2.73. The summed E-state index contributed by atoms with van der Waals surface area (Å²) in [5, 5.41) is 30.4. The van der Waals surface area contributed by atoms with Crippen molar-refractivity contribution in [3.63, 3.8) is 0 Å². The van der Waals surface area contributed by atoms with E-state index in [4.69, 9.17) is 9.47 Å². The van der Waals surface area contributed by atoms with Gasteiger partial charge in [-0.1, -0.05) is 111 Å². The van der Waals surface area contributed by atoms with Gasteiger partial charge in [0.05, 0.1) is 28.8 Å². The van der Waals surface area contributed by atoms with Gasteiger partial charge in [-0.2, -0.15) is 0 Å². The molecule has 4 N–H and O–H groups in total. The molecule has 7 fully saturated rings. The van der Waals surface area contributed by atoms with Crippen molar-refractivity contribution in [2.45, 2.75) is 245 Å². The first-order valence-corrected chi connectivity index (χ1v) is 31.7. The molecule has 3 aliphatic heterocycles. The number of nitrogens with one attached hydrogen (secondary N) is 2. The first-order chi connectivity index (χ1) is 36.8. The van der Waals surface area contributed by atoms with Gasteiger partial charge in [0.15, 0.2) is 5.78 Å². The summed E-state index contributed by atoms with van der Waals surface area (Å²) in [6.07, 6.45) is 25.8. The summed E-state index contributed by atoms with van der Waals surface area (Å²) in [5.41, 5.74) is 8.42. The molecule has 9 nitrogen and oxygen atoms in total. The molecule has 0 amide bonds. The lowest BCUT2D eigenvalue weighted by atomic mass is 9.29. The number of nitrogens with zero attached hydrogens (tertiary/aromatic N) is 1. The van der Waals surface area contributed by atoms with Crippen LogP contribution in [0.25, 0.3) is 11.0 Å². The number of Topliss-reactive ketones (excluding diaryl/α,β-unsaturated/α-hetero) is 2. The number of aliphatic hydroxyl groups is 2. The third kappa shape index (κ3) is 8.32. The van der Waals surface area contributed by atoms with Crippen LogP contribution >= 0.6 is 0 Å². The molecule has 1 aromatic carbocycles. The number of rotatable bonds is 14. The molecule has 9 aliphatic rings. The zero-order valence-electron chi connectivity index (χ0n) is 49.1. The molecule has 77 heavy (non-hydrogen) atoms. The van der Waals surface area contributed by atoms with Gasteiger partial charge in [0.1, 0.15) is 11.9 Å². The fraction of sp³-hybridized carbons (Fsp3) is 0.765. The zero-order valence-corrected chi connectivity index (χ0v) is 49.1. The number of aryl methyl sites for hydroxylation is 1. The van der Waals surface area contributed by atoms with Crippen LogP contribution in [-0.2, 0) is 38.4 Å². The topological polar surface area (TPSA) is 129 Å². The Morgan fingerprint density at radius 1 is 0.870 bits per heavy atom. The van der Waals surface area contributed by atoms with Gasteiger partial charge >= 0.3 is 0 Å². The monoisotopic (exact) mass is 1050 g/mol. The van der Waals surface area contributed by atoms with Crippen molar-refractivity contribution >= 4 is 22.6 Å². The van der Waals surface area contributed by atoms with Gasteiger partial charge in [-0.25, -0.2) is 0 Å². The Kier molecular flexibility index (Phi) is 14.0. The van der Waals surface area contributed by atoms with Crippen molar-refractivity contribution in [3.8, 4) is 0 Å². The molecular weight excluding hydrogens is 955 g/mol. The van der Waals surface area contributed by atoms with Crippen LogP contribution in [0.3, 0.4) is 0 Å².